The number of benzene rings is 2. The van der Waals surface area contributed by atoms with Crippen LogP contribution in [0.1, 0.15) is 11.1 Å². The quantitative estimate of drug-likeness (QED) is 0.357. The number of furan rings is 1. The Morgan fingerprint density at radius 1 is 1.13 bits per heavy atom. The van der Waals surface area contributed by atoms with E-state index >= 15 is 0 Å². The minimum atomic E-state index is -0.0979. The first-order valence-electron chi connectivity index (χ1n) is 9.30. The normalized spacial score (nSPS) is 10.9. The van der Waals surface area contributed by atoms with Crippen molar-refractivity contribution in [3.05, 3.63) is 82.5 Å². The topological polar surface area (TPSA) is 73.0 Å². The Bertz CT molecular complexity index is 1140. The number of anilines is 1. The van der Waals surface area contributed by atoms with E-state index in [0.29, 0.717) is 23.3 Å². The molecule has 2 aromatic carbocycles. The zero-order valence-electron chi connectivity index (χ0n) is 16.2. The van der Waals surface area contributed by atoms with Crippen molar-refractivity contribution in [3.8, 4) is 11.6 Å². The zero-order valence-corrected chi connectivity index (χ0v) is 18.6. The average molecular weight is 483 g/mol. The van der Waals surface area contributed by atoms with Gasteiger partial charge in [-0.15, -0.1) is 10.2 Å². The van der Waals surface area contributed by atoms with Gasteiger partial charge in [0.2, 0.25) is 11.7 Å². The summed E-state index contributed by atoms with van der Waals surface area (Å²) in [7, 11) is 0. The molecule has 0 atom stereocenters. The summed E-state index contributed by atoms with van der Waals surface area (Å²) >= 11 is 4.78. The summed E-state index contributed by atoms with van der Waals surface area (Å²) in [5.41, 5.74) is 2.91. The lowest BCUT2D eigenvalue weighted by molar-refractivity contribution is -0.113. The number of aryl methyl sites for hydroxylation is 1. The van der Waals surface area contributed by atoms with Crippen molar-refractivity contribution < 1.29 is 9.21 Å². The number of carbonyl (C=O) groups excluding carboxylic acids is 1. The maximum absolute atomic E-state index is 12.5. The molecule has 0 aliphatic heterocycles. The fourth-order valence-electron chi connectivity index (χ4n) is 2.98. The highest BCUT2D eigenvalue weighted by atomic mass is 79.9. The molecule has 0 aliphatic rings. The number of hydrogen-bond acceptors (Lipinski definition) is 5. The maximum Gasteiger partial charge on any atom is 0.234 e. The first kappa shape index (κ1) is 20.4. The Morgan fingerprint density at radius 2 is 1.97 bits per heavy atom. The minimum Gasteiger partial charge on any atom is -0.461 e. The molecule has 152 valence electrons. The Morgan fingerprint density at radius 3 is 2.70 bits per heavy atom. The third-order valence-corrected chi connectivity index (χ3v) is 5.90. The molecule has 0 radical (unpaired) electrons. The highest BCUT2D eigenvalue weighted by Gasteiger charge is 2.18. The van der Waals surface area contributed by atoms with Crippen LogP contribution >= 0.6 is 27.7 Å². The molecule has 6 nitrogen and oxygen atoms in total. The summed E-state index contributed by atoms with van der Waals surface area (Å²) in [5.74, 6) is 1.40. The van der Waals surface area contributed by atoms with E-state index < -0.39 is 0 Å². The van der Waals surface area contributed by atoms with Crippen molar-refractivity contribution >= 4 is 39.3 Å². The van der Waals surface area contributed by atoms with Gasteiger partial charge in [-0.2, -0.15) is 0 Å². The lowest BCUT2D eigenvalue weighted by Crippen LogP contribution is -2.15. The van der Waals surface area contributed by atoms with Gasteiger partial charge in [0.05, 0.1) is 18.6 Å². The number of hydrogen-bond donors (Lipinski definition) is 1. The molecular formula is C22H19BrN4O2S. The first-order valence-corrected chi connectivity index (χ1v) is 11.1. The second-order valence-electron chi connectivity index (χ2n) is 6.65. The van der Waals surface area contributed by atoms with Crippen LogP contribution in [0.25, 0.3) is 11.6 Å². The largest absolute Gasteiger partial charge is 0.461 e. The number of nitrogens with zero attached hydrogens (tertiary/aromatic N) is 3. The second kappa shape index (κ2) is 9.32. The number of halogens is 1. The maximum atomic E-state index is 12.5. The minimum absolute atomic E-state index is 0.0979. The number of thioether (sulfide) groups is 1. The van der Waals surface area contributed by atoms with Crippen molar-refractivity contribution in [2.45, 2.75) is 18.6 Å². The van der Waals surface area contributed by atoms with Gasteiger partial charge in [0.25, 0.3) is 0 Å². The third-order valence-electron chi connectivity index (χ3n) is 4.44. The van der Waals surface area contributed by atoms with Crippen molar-refractivity contribution in [2.75, 3.05) is 11.1 Å². The Labute approximate surface area is 186 Å². The van der Waals surface area contributed by atoms with Gasteiger partial charge in [-0.3, -0.25) is 9.36 Å². The van der Waals surface area contributed by atoms with Crippen LogP contribution in [-0.2, 0) is 11.3 Å². The Kier molecular flexibility index (Phi) is 6.35. The molecule has 0 aliphatic carbocycles. The predicted octanol–water partition coefficient (Wildman–Crippen LogP) is 5.39. The fraction of sp³-hybridized carbons (Fsp3) is 0.136. The summed E-state index contributed by atoms with van der Waals surface area (Å²) < 4.78 is 8.47. The molecule has 8 heteroatoms. The van der Waals surface area contributed by atoms with Crippen LogP contribution < -0.4 is 5.32 Å². The van der Waals surface area contributed by atoms with E-state index in [0.717, 1.165) is 21.3 Å². The summed E-state index contributed by atoms with van der Waals surface area (Å²) in [6.07, 6.45) is 1.61. The van der Waals surface area contributed by atoms with Gasteiger partial charge in [-0.25, -0.2) is 0 Å². The van der Waals surface area contributed by atoms with Crippen LogP contribution in [0.4, 0.5) is 5.69 Å². The Hall–Kier alpha value is -2.84. The monoisotopic (exact) mass is 482 g/mol. The van der Waals surface area contributed by atoms with Crippen molar-refractivity contribution in [2.24, 2.45) is 0 Å². The zero-order chi connectivity index (χ0) is 20.9. The molecule has 4 aromatic rings. The van der Waals surface area contributed by atoms with Crippen LogP contribution in [0.3, 0.4) is 0 Å². The van der Waals surface area contributed by atoms with Crippen LogP contribution in [0.2, 0.25) is 0 Å². The standard InChI is InChI=1S/C22H19BrN4O2S/c1-15-12-17(23)9-10-18(15)24-20(28)14-30-22-26-25-21(19-8-5-11-29-19)27(22)13-16-6-3-2-4-7-16/h2-12H,13-14H2,1H3,(H,24,28). The number of aromatic nitrogens is 3. The number of nitrogens with one attached hydrogen (secondary N) is 1. The van der Waals surface area contributed by atoms with Gasteiger partial charge in [0.1, 0.15) is 0 Å². The molecule has 1 N–H and O–H groups in total. The molecule has 2 heterocycles. The van der Waals surface area contributed by atoms with E-state index in [2.05, 4.69) is 31.4 Å². The molecule has 0 unspecified atom stereocenters. The molecular weight excluding hydrogens is 464 g/mol. The number of carbonyl (C=O) groups is 1. The predicted molar refractivity (Wildman–Crippen MR) is 122 cm³/mol. The molecule has 0 saturated heterocycles. The van der Waals surface area contributed by atoms with Gasteiger partial charge < -0.3 is 9.73 Å². The molecule has 30 heavy (non-hydrogen) atoms. The van der Waals surface area contributed by atoms with E-state index in [-0.39, 0.29) is 11.7 Å². The first-order chi connectivity index (χ1) is 14.6. The molecule has 0 spiro atoms. The van der Waals surface area contributed by atoms with Gasteiger partial charge in [0.15, 0.2) is 10.9 Å². The van der Waals surface area contributed by atoms with Gasteiger partial charge in [-0.05, 0) is 48.4 Å². The van der Waals surface area contributed by atoms with Crippen LogP contribution in [-0.4, -0.2) is 26.4 Å². The Balaban J connectivity index is 1.51. The summed E-state index contributed by atoms with van der Waals surface area (Å²) in [6, 6.07) is 19.5. The summed E-state index contributed by atoms with van der Waals surface area (Å²) in [4.78, 5) is 12.5. The lowest BCUT2D eigenvalue weighted by atomic mass is 10.2. The smallest absolute Gasteiger partial charge is 0.234 e. The molecule has 0 fully saturated rings. The average Bonchev–Trinajstić information content (AvgIpc) is 3.39. The second-order valence-corrected chi connectivity index (χ2v) is 8.51. The van der Waals surface area contributed by atoms with Crippen molar-refractivity contribution in [1.82, 2.24) is 14.8 Å². The van der Waals surface area contributed by atoms with Crippen LogP contribution in [0.5, 0.6) is 0 Å². The van der Waals surface area contributed by atoms with E-state index in [1.807, 2.05) is 72.2 Å². The molecule has 4 rings (SSSR count). The van der Waals surface area contributed by atoms with Gasteiger partial charge in [-0.1, -0.05) is 58.0 Å². The summed E-state index contributed by atoms with van der Waals surface area (Å²) in [5, 5.41) is 12.2. The fourth-order valence-corrected chi connectivity index (χ4v) is 4.19. The van der Waals surface area contributed by atoms with Gasteiger partial charge >= 0.3 is 0 Å². The highest BCUT2D eigenvalue weighted by molar-refractivity contribution is 9.10. The lowest BCUT2D eigenvalue weighted by Gasteiger charge is -2.10. The van der Waals surface area contributed by atoms with E-state index in [1.165, 1.54) is 11.8 Å². The number of amides is 1. The number of rotatable bonds is 7. The molecule has 1 amide bonds. The van der Waals surface area contributed by atoms with E-state index in [9.17, 15) is 4.79 Å². The van der Waals surface area contributed by atoms with Crippen LogP contribution in [0, 0.1) is 6.92 Å². The molecule has 0 bridgehead atoms. The third kappa shape index (κ3) is 4.83. The highest BCUT2D eigenvalue weighted by Crippen LogP contribution is 2.26. The SMILES string of the molecule is Cc1cc(Br)ccc1NC(=O)CSc1nnc(-c2ccco2)n1Cc1ccccc1. The molecule has 2 aromatic heterocycles. The summed E-state index contributed by atoms with van der Waals surface area (Å²) in [6.45, 7) is 2.54. The molecule has 0 saturated carbocycles. The van der Waals surface area contributed by atoms with Gasteiger partial charge in [0, 0.05) is 10.2 Å². The van der Waals surface area contributed by atoms with E-state index in [4.69, 9.17) is 4.42 Å². The van der Waals surface area contributed by atoms with Crippen LogP contribution in [0.15, 0.2) is 81.0 Å². The van der Waals surface area contributed by atoms with Crippen molar-refractivity contribution in [3.63, 3.8) is 0 Å². The van der Waals surface area contributed by atoms with E-state index in [1.54, 1.807) is 6.26 Å². The van der Waals surface area contributed by atoms with Crippen molar-refractivity contribution in [1.29, 1.82) is 0 Å².